The van der Waals surface area contributed by atoms with Gasteiger partial charge in [0.15, 0.2) is 6.29 Å². The SMILES string of the molecule is CO[C@H]1C[C@H]2[C@](C)(C3=C(C)[C@H](c4ccoc4)C[C@@H]3O1)[C@H](O)[C@@H]1OC[C@]3(C)[C@H](OC(C)=O)C[C@H](OC(=O)c4ccccc4)[C@@]2(C)[C@@H]13. The third kappa shape index (κ3) is 4.34. The van der Waals surface area contributed by atoms with Crippen molar-refractivity contribution in [1.82, 2.24) is 0 Å². The van der Waals surface area contributed by atoms with E-state index in [2.05, 4.69) is 27.7 Å². The molecule has 242 valence electrons. The smallest absolute Gasteiger partial charge is 0.338 e. The topological polar surface area (TPSA) is 114 Å². The van der Waals surface area contributed by atoms with Gasteiger partial charge in [-0.25, -0.2) is 4.79 Å². The number of furan rings is 1. The Hall–Kier alpha value is -2.98. The minimum absolute atomic E-state index is 0.0655. The quantitative estimate of drug-likeness (QED) is 0.345. The molecule has 9 heteroatoms. The maximum Gasteiger partial charge on any atom is 0.338 e. The Morgan fingerprint density at radius 2 is 1.76 bits per heavy atom. The first-order chi connectivity index (χ1) is 21.4. The second-order valence-corrected chi connectivity index (χ2v) is 14.5. The average Bonchev–Trinajstić information content (AvgIpc) is 3.73. The lowest BCUT2D eigenvalue weighted by Crippen LogP contribution is -2.71. The molecule has 5 aliphatic rings. The van der Waals surface area contributed by atoms with Crippen LogP contribution in [0.3, 0.4) is 0 Å². The third-order valence-corrected chi connectivity index (χ3v) is 12.4. The van der Waals surface area contributed by atoms with Crippen LogP contribution in [0.15, 0.2) is 64.5 Å². The first kappa shape index (κ1) is 30.7. The van der Waals surface area contributed by atoms with Gasteiger partial charge in [-0.15, -0.1) is 0 Å². The molecule has 0 unspecified atom stereocenters. The number of benzene rings is 1. The van der Waals surface area contributed by atoms with Crippen LogP contribution in [0.1, 0.15) is 75.7 Å². The largest absolute Gasteiger partial charge is 0.472 e. The number of carbonyl (C=O) groups is 2. The molecule has 3 heterocycles. The van der Waals surface area contributed by atoms with Gasteiger partial charge in [0.05, 0.1) is 43.0 Å². The maximum absolute atomic E-state index is 13.7. The van der Waals surface area contributed by atoms with Crippen molar-refractivity contribution in [2.75, 3.05) is 13.7 Å². The fraction of sp³-hybridized carbons (Fsp3) is 0.611. The molecule has 45 heavy (non-hydrogen) atoms. The van der Waals surface area contributed by atoms with Crippen LogP contribution in [0.2, 0.25) is 0 Å². The summed E-state index contributed by atoms with van der Waals surface area (Å²) in [5, 5.41) is 12.6. The molecule has 12 atom stereocenters. The van der Waals surface area contributed by atoms with Crippen LogP contribution in [-0.4, -0.2) is 67.6 Å². The standard InChI is InChI=1S/C36H44O9/c1-19-23(22-12-13-41-17-22)14-24-29(19)36(5)25(15-28(40-6)44-24)35(4)27(45-33(39)21-10-8-7-9-11-21)16-26(43-20(2)37)34(3)18-42-30(31(34)35)32(36)38/h7-13,17,23-28,30-32,38H,14-16,18H2,1-6H3/t23-,24+,25-,26-,27+,28-,30-,31+,32-,34-,35+,36-/m1/s1. The zero-order valence-electron chi connectivity index (χ0n) is 26.9. The molecule has 1 N–H and O–H groups in total. The summed E-state index contributed by atoms with van der Waals surface area (Å²) >= 11 is 0. The number of carbonyl (C=O) groups excluding carboxylic acids is 2. The number of fused-ring (bicyclic) bond motifs is 4. The molecular weight excluding hydrogens is 576 g/mol. The summed E-state index contributed by atoms with van der Waals surface area (Å²) in [7, 11) is 1.66. The van der Waals surface area contributed by atoms with E-state index in [1.807, 2.05) is 24.3 Å². The lowest BCUT2D eigenvalue weighted by molar-refractivity contribution is -0.255. The molecule has 2 saturated heterocycles. The Balaban J connectivity index is 1.41. The van der Waals surface area contributed by atoms with Gasteiger partial charge in [-0.05, 0) is 48.6 Å². The Morgan fingerprint density at radius 1 is 1.00 bits per heavy atom. The van der Waals surface area contributed by atoms with Crippen molar-refractivity contribution in [3.05, 3.63) is 71.2 Å². The number of hydrogen-bond donors (Lipinski definition) is 1. The summed E-state index contributed by atoms with van der Waals surface area (Å²) in [6, 6.07) is 10.9. The molecule has 0 bridgehead atoms. The van der Waals surface area contributed by atoms with Crippen LogP contribution in [0.4, 0.5) is 0 Å². The molecule has 0 amide bonds. The zero-order valence-corrected chi connectivity index (χ0v) is 26.9. The van der Waals surface area contributed by atoms with Crippen molar-refractivity contribution < 1.29 is 42.8 Å². The number of aliphatic hydroxyl groups excluding tert-OH is 1. The van der Waals surface area contributed by atoms with E-state index < -0.39 is 58.9 Å². The van der Waals surface area contributed by atoms with Crippen molar-refractivity contribution >= 4 is 11.9 Å². The zero-order chi connectivity index (χ0) is 31.9. The van der Waals surface area contributed by atoms with Gasteiger partial charge >= 0.3 is 11.9 Å². The van der Waals surface area contributed by atoms with Crippen LogP contribution >= 0.6 is 0 Å². The van der Waals surface area contributed by atoms with E-state index in [0.717, 1.165) is 16.7 Å². The van der Waals surface area contributed by atoms with Crippen LogP contribution in [0, 0.1) is 28.1 Å². The molecule has 1 aromatic carbocycles. The highest BCUT2D eigenvalue weighted by molar-refractivity contribution is 5.89. The molecule has 0 radical (unpaired) electrons. The number of rotatable bonds is 5. The van der Waals surface area contributed by atoms with E-state index in [1.54, 1.807) is 31.8 Å². The van der Waals surface area contributed by atoms with Gasteiger partial charge in [0.1, 0.15) is 12.2 Å². The molecule has 3 aliphatic carbocycles. The van der Waals surface area contributed by atoms with E-state index in [9.17, 15) is 14.7 Å². The van der Waals surface area contributed by atoms with E-state index >= 15 is 0 Å². The predicted molar refractivity (Wildman–Crippen MR) is 162 cm³/mol. The lowest BCUT2D eigenvalue weighted by Gasteiger charge is -2.66. The van der Waals surface area contributed by atoms with E-state index in [4.69, 9.17) is 28.1 Å². The summed E-state index contributed by atoms with van der Waals surface area (Å²) in [5.74, 6) is -1.29. The normalized spacial score (nSPS) is 43.6. The first-order valence-corrected chi connectivity index (χ1v) is 16.1. The van der Waals surface area contributed by atoms with Crippen molar-refractivity contribution in [3.63, 3.8) is 0 Å². The van der Waals surface area contributed by atoms with Gasteiger partial charge in [-0.2, -0.15) is 0 Å². The number of esters is 2. The average molecular weight is 621 g/mol. The van der Waals surface area contributed by atoms with Crippen molar-refractivity contribution in [2.24, 2.45) is 28.1 Å². The van der Waals surface area contributed by atoms with Gasteiger partial charge in [-0.1, -0.05) is 44.5 Å². The number of allylic oxidation sites excluding steroid dienone is 1. The van der Waals surface area contributed by atoms with Gasteiger partial charge in [0.2, 0.25) is 0 Å². The second kappa shape index (κ2) is 10.8. The number of methoxy groups -OCH3 is 1. The molecule has 7 rings (SSSR count). The van der Waals surface area contributed by atoms with Crippen LogP contribution in [0.5, 0.6) is 0 Å². The Kier molecular flexibility index (Phi) is 7.35. The minimum atomic E-state index is -0.890. The van der Waals surface area contributed by atoms with Crippen LogP contribution < -0.4 is 0 Å². The van der Waals surface area contributed by atoms with Crippen molar-refractivity contribution in [3.8, 4) is 0 Å². The summed E-state index contributed by atoms with van der Waals surface area (Å²) in [6.45, 7) is 10.3. The van der Waals surface area contributed by atoms with Crippen LogP contribution in [-0.2, 0) is 28.5 Å². The summed E-state index contributed by atoms with van der Waals surface area (Å²) in [5.41, 5.74) is 1.62. The van der Waals surface area contributed by atoms with Gasteiger partial charge in [-0.3, -0.25) is 4.79 Å². The maximum atomic E-state index is 13.7. The van der Waals surface area contributed by atoms with Crippen LogP contribution in [0.25, 0.3) is 0 Å². The molecule has 1 aromatic heterocycles. The van der Waals surface area contributed by atoms with Gasteiger partial charge < -0.3 is 33.2 Å². The van der Waals surface area contributed by atoms with E-state index in [-0.39, 0.29) is 23.9 Å². The Bertz CT molecular complexity index is 1480. The lowest BCUT2D eigenvalue weighted by atomic mass is 9.39. The minimum Gasteiger partial charge on any atom is -0.472 e. The fourth-order valence-electron chi connectivity index (χ4n) is 10.5. The second-order valence-electron chi connectivity index (χ2n) is 14.5. The fourth-order valence-corrected chi connectivity index (χ4v) is 10.5. The molecular formula is C36H44O9. The summed E-state index contributed by atoms with van der Waals surface area (Å²) in [4.78, 5) is 26.2. The summed E-state index contributed by atoms with van der Waals surface area (Å²) < 4.78 is 37.3. The van der Waals surface area contributed by atoms with E-state index in [1.165, 1.54) is 6.92 Å². The van der Waals surface area contributed by atoms with Gasteiger partial charge in [0.25, 0.3) is 0 Å². The monoisotopic (exact) mass is 620 g/mol. The third-order valence-electron chi connectivity index (χ3n) is 12.4. The number of aliphatic hydroxyl groups is 1. The predicted octanol–water partition coefficient (Wildman–Crippen LogP) is 5.43. The Labute approximate surface area is 264 Å². The van der Waals surface area contributed by atoms with Gasteiger partial charge in [0, 0.05) is 55.0 Å². The molecule has 0 spiro atoms. The summed E-state index contributed by atoms with van der Waals surface area (Å²) in [6.07, 6.45) is 1.48. The highest BCUT2D eigenvalue weighted by Crippen LogP contribution is 2.72. The molecule has 2 saturated carbocycles. The number of ether oxygens (including phenoxy) is 5. The molecule has 2 aliphatic heterocycles. The Morgan fingerprint density at radius 3 is 2.42 bits per heavy atom. The molecule has 2 aromatic rings. The molecule has 9 nitrogen and oxygen atoms in total. The number of hydrogen-bond acceptors (Lipinski definition) is 9. The highest BCUT2D eigenvalue weighted by atomic mass is 16.7. The first-order valence-electron chi connectivity index (χ1n) is 16.1. The molecule has 4 fully saturated rings. The van der Waals surface area contributed by atoms with Crippen molar-refractivity contribution in [2.45, 2.75) is 96.6 Å². The van der Waals surface area contributed by atoms with Crippen molar-refractivity contribution in [1.29, 1.82) is 0 Å². The highest BCUT2D eigenvalue weighted by Gasteiger charge is 2.76. The van der Waals surface area contributed by atoms with E-state index in [0.29, 0.717) is 31.4 Å².